The normalized spacial score (nSPS) is 11.0. The predicted molar refractivity (Wildman–Crippen MR) is 114 cm³/mol. The van der Waals surface area contributed by atoms with Crippen LogP contribution in [0.25, 0.3) is 22.3 Å². The van der Waals surface area contributed by atoms with Gasteiger partial charge in [-0.1, -0.05) is 6.07 Å². The second kappa shape index (κ2) is 8.28. The molecule has 0 aliphatic carbocycles. The van der Waals surface area contributed by atoms with Crippen molar-refractivity contribution in [2.75, 3.05) is 32.3 Å². The number of ether oxygens (including phenoxy) is 2. The number of benzene rings is 2. The molecule has 0 aliphatic heterocycles. The Morgan fingerprint density at radius 1 is 1.00 bits per heavy atom. The number of anilines is 2. The number of aryl methyl sites for hydroxylation is 1. The predicted octanol–water partition coefficient (Wildman–Crippen LogP) is 3.82. The van der Waals surface area contributed by atoms with Crippen LogP contribution >= 0.6 is 0 Å². The molecular formula is C22H23N5O2. The molecule has 2 aromatic heterocycles. The topological polar surface area (TPSA) is 65.3 Å². The lowest BCUT2D eigenvalue weighted by Gasteiger charge is -2.25. The first-order chi connectivity index (χ1) is 14.2. The Kier molecular flexibility index (Phi) is 5.39. The van der Waals surface area contributed by atoms with Gasteiger partial charge in [0, 0.05) is 49.9 Å². The van der Waals surface area contributed by atoms with Gasteiger partial charge in [0.05, 0.1) is 42.8 Å². The zero-order valence-corrected chi connectivity index (χ0v) is 16.7. The lowest BCUT2D eigenvalue weighted by atomic mass is 10.2. The summed E-state index contributed by atoms with van der Waals surface area (Å²) in [6.45, 7) is 1.29. The number of rotatable bonds is 7. The Bertz CT molecular complexity index is 1130. The Labute approximate surface area is 169 Å². The van der Waals surface area contributed by atoms with Crippen molar-refractivity contribution in [1.82, 2.24) is 19.7 Å². The summed E-state index contributed by atoms with van der Waals surface area (Å²) in [5.74, 6) is 0.810. The maximum Gasteiger partial charge on any atom is 0.120 e. The van der Waals surface area contributed by atoms with Crippen molar-refractivity contribution in [1.29, 1.82) is 0 Å². The molecule has 0 fully saturated rings. The molecule has 4 aromatic rings. The second-order valence-electron chi connectivity index (χ2n) is 6.68. The van der Waals surface area contributed by atoms with Gasteiger partial charge in [-0.25, -0.2) is 4.98 Å². The van der Waals surface area contributed by atoms with Gasteiger partial charge in [-0.05, 0) is 30.3 Å². The van der Waals surface area contributed by atoms with Crippen LogP contribution in [-0.4, -0.2) is 47.1 Å². The van der Waals surface area contributed by atoms with Crippen LogP contribution < -0.4 is 9.64 Å². The van der Waals surface area contributed by atoms with Gasteiger partial charge in [-0.3, -0.25) is 9.67 Å². The number of nitrogens with zero attached hydrogens (tertiary/aromatic N) is 5. The van der Waals surface area contributed by atoms with Crippen LogP contribution in [0.15, 0.2) is 61.1 Å². The average Bonchev–Trinajstić information content (AvgIpc) is 3.20. The van der Waals surface area contributed by atoms with E-state index >= 15 is 0 Å². The summed E-state index contributed by atoms with van der Waals surface area (Å²) in [4.78, 5) is 11.6. The van der Waals surface area contributed by atoms with E-state index in [1.165, 1.54) is 0 Å². The van der Waals surface area contributed by atoms with Crippen molar-refractivity contribution in [2.45, 2.75) is 0 Å². The highest BCUT2D eigenvalue weighted by Crippen LogP contribution is 2.30. The molecule has 0 saturated heterocycles. The van der Waals surface area contributed by atoms with E-state index in [-0.39, 0.29) is 0 Å². The first-order valence-electron chi connectivity index (χ1n) is 9.34. The van der Waals surface area contributed by atoms with Crippen molar-refractivity contribution in [3.05, 3.63) is 61.1 Å². The van der Waals surface area contributed by atoms with Gasteiger partial charge < -0.3 is 14.4 Å². The Hall–Kier alpha value is -3.45. The summed E-state index contributed by atoms with van der Waals surface area (Å²) >= 11 is 0. The number of aromatic nitrogens is 4. The van der Waals surface area contributed by atoms with Gasteiger partial charge in [-0.2, -0.15) is 5.10 Å². The fourth-order valence-corrected chi connectivity index (χ4v) is 3.23. The van der Waals surface area contributed by atoms with E-state index in [0.29, 0.717) is 13.2 Å². The minimum absolute atomic E-state index is 0.594. The Balaban J connectivity index is 1.76. The van der Waals surface area contributed by atoms with Gasteiger partial charge in [0.1, 0.15) is 5.75 Å². The maximum atomic E-state index is 5.39. The number of fused-ring (bicyclic) bond motifs is 1. The second-order valence-corrected chi connectivity index (χ2v) is 6.68. The molecule has 0 bridgehead atoms. The quantitative estimate of drug-likeness (QED) is 0.479. The lowest BCUT2D eigenvalue weighted by Crippen LogP contribution is -2.22. The summed E-state index contributed by atoms with van der Waals surface area (Å²) in [7, 11) is 5.26. The van der Waals surface area contributed by atoms with Crippen LogP contribution in [0.2, 0.25) is 0 Å². The molecular weight excluding hydrogens is 366 g/mol. The molecule has 2 heterocycles. The molecule has 29 heavy (non-hydrogen) atoms. The molecule has 4 rings (SSSR count). The van der Waals surface area contributed by atoms with Gasteiger partial charge in [-0.15, -0.1) is 0 Å². The van der Waals surface area contributed by atoms with E-state index in [1.807, 2.05) is 37.5 Å². The molecule has 0 radical (unpaired) electrons. The Morgan fingerprint density at radius 2 is 1.86 bits per heavy atom. The maximum absolute atomic E-state index is 5.39. The fraction of sp³-hybridized carbons (Fsp3) is 0.227. The fourth-order valence-electron chi connectivity index (χ4n) is 3.23. The van der Waals surface area contributed by atoms with E-state index in [4.69, 9.17) is 14.5 Å². The van der Waals surface area contributed by atoms with Gasteiger partial charge >= 0.3 is 0 Å². The number of methoxy groups -OCH3 is 2. The van der Waals surface area contributed by atoms with E-state index < -0.39 is 0 Å². The molecule has 0 atom stereocenters. The molecule has 0 spiro atoms. The number of hydrogen-bond acceptors (Lipinski definition) is 6. The minimum atomic E-state index is 0.594. The highest BCUT2D eigenvalue weighted by Gasteiger charge is 2.12. The van der Waals surface area contributed by atoms with E-state index in [9.17, 15) is 0 Å². The lowest BCUT2D eigenvalue weighted by molar-refractivity contribution is 0.207. The molecule has 7 heteroatoms. The zero-order valence-electron chi connectivity index (χ0n) is 16.7. The average molecular weight is 389 g/mol. The standard InChI is InChI=1S/C22H23N5O2/c1-26-15-16(13-24-26)22-14-23-20-8-7-18(12-21(20)25-22)27(9-10-28-2)17-5-4-6-19(11-17)29-3/h4-8,11-15H,9-10H2,1-3H3. The van der Waals surface area contributed by atoms with E-state index in [1.54, 1.807) is 31.3 Å². The van der Waals surface area contributed by atoms with Gasteiger partial charge in [0.25, 0.3) is 0 Å². The molecule has 0 N–H and O–H groups in total. The van der Waals surface area contributed by atoms with Crippen LogP contribution in [0.4, 0.5) is 11.4 Å². The van der Waals surface area contributed by atoms with E-state index in [0.717, 1.165) is 39.4 Å². The third-order valence-corrected chi connectivity index (χ3v) is 4.72. The molecule has 0 aliphatic rings. The summed E-state index contributed by atoms with van der Waals surface area (Å²) in [5, 5.41) is 4.22. The third-order valence-electron chi connectivity index (χ3n) is 4.72. The van der Waals surface area contributed by atoms with Crippen LogP contribution in [-0.2, 0) is 11.8 Å². The largest absolute Gasteiger partial charge is 0.497 e. The Morgan fingerprint density at radius 3 is 2.62 bits per heavy atom. The first kappa shape index (κ1) is 18.9. The SMILES string of the molecule is COCCN(c1cccc(OC)c1)c1ccc2ncc(-c3cnn(C)c3)nc2c1. The molecule has 2 aromatic carbocycles. The van der Waals surface area contributed by atoms with E-state index in [2.05, 4.69) is 33.2 Å². The summed E-state index contributed by atoms with van der Waals surface area (Å²) < 4.78 is 12.5. The van der Waals surface area contributed by atoms with Crippen LogP contribution in [0.5, 0.6) is 5.75 Å². The van der Waals surface area contributed by atoms with Crippen molar-refractivity contribution < 1.29 is 9.47 Å². The smallest absolute Gasteiger partial charge is 0.120 e. The highest BCUT2D eigenvalue weighted by atomic mass is 16.5. The summed E-state index contributed by atoms with van der Waals surface area (Å²) in [5.41, 5.74) is 5.45. The monoisotopic (exact) mass is 389 g/mol. The minimum Gasteiger partial charge on any atom is -0.497 e. The molecule has 0 amide bonds. The van der Waals surface area contributed by atoms with Gasteiger partial charge in [0.15, 0.2) is 0 Å². The molecule has 7 nitrogen and oxygen atoms in total. The molecule has 148 valence electrons. The van der Waals surface area contributed by atoms with Crippen molar-refractivity contribution in [2.24, 2.45) is 7.05 Å². The number of hydrogen-bond donors (Lipinski definition) is 0. The summed E-state index contributed by atoms with van der Waals surface area (Å²) in [6, 6.07) is 14.1. The van der Waals surface area contributed by atoms with Crippen LogP contribution in [0.1, 0.15) is 0 Å². The zero-order chi connectivity index (χ0) is 20.2. The molecule has 0 saturated carbocycles. The van der Waals surface area contributed by atoms with Crippen LogP contribution in [0.3, 0.4) is 0 Å². The van der Waals surface area contributed by atoms with Gasteiger partial charge in [0.2, 0.25) is 0 Å². The molecule has 0 unspecified atom stereocenters. The first-order valence-corrected chi connectivity index (χ1v) is 9.34. The van der Waals surface area contributed by atoms with Crippen LogP contribution in [0, 0.1) is 0 Å². The van der Waals surface area contributed by atoms with Crippen molar-refractivity contribution in [3.63, 3.8) is 0 Å². The van der Waals surface area contributed by atoms with Crippen molar-refractivity contribution >= 4 is 22.4 Å². The van der Waals surface area contributed by atoms with Crippen molar-refractivity contribution in [3.8, 4) is 17.0 Å². The third kappa shape index (κ3) is 4.05. The summed E-state index contributed by atoms with van der Waals surface area (Å²) in [6.07, 6.45) is 5.51. The highest BCUT2D eigenvalue weighted by molar-refractivity contribution is 5.82.